The molecule has 23 heavy (non-hydrogen) atoms. The number of amides is 1. The Labute approximate surface area is 143 Å². The van der Waals surface area contributed by atoms with Crippen molar-refractivity contribution in [2.45, 2.75) is 68.4 Å². The lowest BCUT2D eigenvalue weighted by molar-refractivity contribution is -0.126. The van der Waals surface area contributed by atoms with Crippen molar-refractivity contribution in [3.63, 3.8) is 0 Å². The summed E-state index contributed by atoms with van der Waals surface area (Å²) in [5.41, 5.74) is 0. The van der Waals surface area contributed by atoms with Gasteiger partial charge in [0.2, 0.25) is 5.91 Å². The normalized spacial score (nSPS) is 37.2. The van der Waals surface area contributed by atoms with Crippen LogP contribution in [0.4, 0.5) is 0 Å². The van der Waals surface area contributed by atoms with E-state index in [1.54, 1.807) is 0 Å². The molecule has 0 N–H and O–H groups in total. The second kappa shape index (κ2) is 7.16. The van der Waals surface area contributed by atoms with Crippen molar-refractivity contribution in [2.75, 3.05) is 19.1 Å². The van der Waals surface area contributed by atoms with E-state index in [1.807, 2.05) is 17.8 Å². The van der Waals surface area contributed by atoms with Gasteiger partial charge in [-0.3, -0.25) is 4.79 Å². The van der Waals surface area contributed by atoms with Crippen LogP contribution in [-0.2, 0) is 14.3 Å². The monoisotopic (exact) mass is 337 g/mol. The molecule has 128 valence electrons. The Morgan fingerprint density at radius 1 is 1.13 bits per heavy atom. The molecule has 0 aromatic carbocycles. The molecule has 4 rings (SSSR count). The Morgan fingerprint density at radius 3 is 2.78 bits per heavy atom. The third kappa shape index (κ3) is 3.94. The number of allylic oxidation sites excluding steroid dienone is 1. The maximum atomic E-state index is 12.7. The highest BCUT2D eigenvalue weighted by Crippen LogP contribution is 2.34. The van der Waals surface area contributed by atoms with E-state index >= 15 is 0 Å². The van der Waals surface area contributed by atoms with Gasteiger partial charge in [-0.1, -0.05) is 6.08 Å². The summed E-state index contributed by atoms with van der Waals surface area (Å²) in [5, 5.41) is 0.660. The van der Waals surface area contributed by atoms with E-state index in [2.05, 4.69) is 11.0 Å². The predicted octanol–water partition coefficient (Wildman–Crippen LogP) is 2.97. The zero-order valence-corrected chi connectivity index (χ0v) is 14.5. The van der Waals surface area contributed by atoms with Gasteiger partial charge in [0.1, 0.15) is 6.79 Å². The molecule has 0 aromatic rings. The fourth-order valence-electron chi connectivity index (χ4n) is 4.01. The van der Waals surface area contributed by atoms with E-state index < -0.39 is 0 Å². The highest BCUT2D eigenvalue weighted by molar-refractivity contribution is 8.00. The second-order valence-electron chi connectivity index (χ2n) is 7.32. The van der Waals surface area contributed by atoms with Crippen LogP contribution in [0.25, 0.3) is 0 Å². The first-order chi connectivity index (χ1) is 11.3. The van der Waals surface area contributed by atoms with Gasteiger partial charge in [-0.2, -0.15) is 11.8 Å². The number of carbonyl (C=O) groups is 1. The van der Waals surface area contributed by atoms with E-state index in [4.69, 9.17) is 9.47 Å². The number of rotatable bonds is 5. The quantitative estimate of drug-likeness (QED) is 0.723. The molecule has 0 spiro atoms. The standard InChI is InChI=1S/C18H27NO3S/c20-18(19(14-5-6-14)11-15-2-1-9-23-15)8-4-13-3-7-16-17(10-13)22-12-21-16/h4,8,13-17H,1-3,5-7,9-12H2/b8-4+. The lowest BCUT2D eigenvalue weighted by atomic mass is 9.85. The van der Waals surface area contributed by atoms with Crippen LogP contribution in [0.1, 0.15) is 44.9 Å². The minimum Gasteiger partial charge on any atom is -0.349 e. The summed E-state index contributed by atoms with van der Waals surface area (Å²) < 4.78 is 11.2. The minimum atomic E-state index is 0.228. The van der Waals surface area contributed by atoms with Crippen molar-refractivity contribution in [1.29, 1.82) is 0 Å². The van der Waals surface area contributed by atoms with Crippen molar-refractivity contribution in [1.82, 2.24) is 4.90 Å². The van der Waals surface area contributed by atoms with Crippen LogP contribution in [-0.4, -0.2) is 53.4 Å². The average Bonchev–Trinajstić information content (AvgIpc) is 3.08. The zero-order chi connectivity index (χ0) is 15.6. The van der Waals surface area contributed by atoms with E-state index in [0.717, 1.165) is 25.8 Å². The predicted molar refractivity (Wildman–Crippen MR) is 91.3 cm³/mol. The Bertz CT molecular complexity index is 459. The summed E-state index contributed by atoms with van der Waals surface area (Å²) in [6, 6.07) is 0.510. The molecule has 2 aliphatic heterocycles. The molecular formula is C18H27NO3S. The van der Waals surface area contributed by atoms with E-state index in [0.29, 0.717) is 24.0 Å². The van der Waals surface area contributed by atoms with Gasteiger partial charge in [-0.05, 0) is 62.7 Å². The van der Waals surface area contributed by atoms with Crippen LogP contribution in [0.15, 0.2) is 12.2 Å². The van der Waals surface area contributed by atoms with Crippen LogP contribution in [0, 0.1) is 5.92 Å². The summed E-state index contributed by atoms with van der Waals surface area (Å²) in [5.74, 6) is 1.95. The van der Waals surface area contributed by atoms with Gasteiger partial charge in [0.05, 0.1) is 12.2 Å². The van der Waals surface area contributed by atoms with Crippen LogP contribution in [0.5, 0.6) is 0 Å². The Hall–Kier alpha value is -0.520. The highest BCUT2D eigenvalue weighted by Gasteiger charge is 2.36. The van der Waals surface area contributed by atoms with Crippen LogP contribution < -0.4 is 0 Å². The maximum Gasteiger partial charge on any atom is 0.246 e. The highest BCUT2D eigenvalue weighted by atomic mass is 32.2. The van der Waals surface area contributed by atoms with Crippen LogP contribution in [0.2, 0.25) is 0 Å². The van der Waals surface area contributed by atoms with Crippen molar-refractivity contribution in [2.24, 2.45) is 5.92 Å². The van der Waals surface area contributed by atoms with Crippen molar-refractivity contribution < 1.29 is 14.3 Å². The zero-order valence-electron chi connectivity index (χ0n) is 13.7. The maximum absolute atomic E-state index is 12.7. The number of nitrogens with zero attached hydrogens (tertiary/aromatic N) is 1. The molecule has 2 saturated heterocycles. The molecular weight excluding hydrogens is 310 g/mol. The topological polar surface area (TPSA) is 38.8 Å². The number of thioether (sulfide) groups is 1. The molecule has 2 heterocycles. The van der Waals surface area contributed by atoms with Crippen molar-refractivity contribution in [3.05, 3.63) is 12.2 Å². The van der Waals surface area contributed by atoms with Crippen molar-refractivity contribution >= 4 is 17.7 Å². The molecule has 0 bridgehead atoms. The molecule has 4 atom stereocenters. The third-order valence-electron chi connectivity index (χ3n) is 5.54. The smallest absolute Gasteiger partial charge is 0.246 e. The molecule has 4 aliphatic rings. The Morgan fingerprint density at radius 2 is 2.00 bits per heavy atom. The molecule has 4 fully saturated rings. The summed E-state index contributed by atoms with van der Waals surface area (Å²) in [6.07, 6.45) is 12.6. The fourth-order valence-corrected chi connectivity index (χ4v) is 5.28. The van der Waals surface area contributed by atoms with Gasteiger partial charge in [0, 0.05) is 17.8 Å². The number of fused-ring (bicyclic) bond motifs is 1. The molecule has 0 radical (unpaired) electrons. The minimum absolute atomic E-state index is 0.228. The molecule has 4 nitrogen and oxygen atoms in total. The molecule has 2 saturated carbocycles. The van der Waals surface area contributed by atoms with Gasteiger partial charge >= 0.3 is 0 Å². The summed E-state index contributed by atoms with van der Waals surface area (Å²) >= 11 is 2.04. The number of hydrogen-bond acceptors (Lipinski definition) is 4. The van der Waals surface area contributed by atoms with Crippen LogP contribution in [0.3, 0.4) is 0 Å². The summed E-state index contributed by atoms with van der Waals surface area (Å²) in [6.45, 7) is 1.39. The van der Waals surface area contributed by atoms with Gasteiger partial charge in [-0.25, -0.2) is 0 Å². The molecule has 1 amide bonds. The Kier molecular flexibility index (Phi) is 4.97. The number of ether oxygens (including phenoxy) is 2. The first-order valence-corrected chi connectivity index (χ1v) is 10.2. The fraction of sp³-hybridized carbons (Fsp3) is 0.833. The van der Waals surface area contributed by atoms with E-state index in [1.165, 1.54) is 31.4 Å². The largest absolute Gasteiger partial charge is 0.349 e. The van der Waals surface area contributed by atoms with Gasteiger partial charge in [0.15, 0.2) is 0 Å². The third-order valence-corrected chi connectivity index (χ3v) is 6.92. The molecule has 5 heteroatoms. The Balaban J connectivity index is 1.31. The average molecular weight is 337 g/mol. The van der Waals surface area contributed by atoms with Gasteiger partial charge < -0.3 is 14.4 Å². The first-order valence-electron chi connectivity index (χ1n) is 9.13. The van der Waals surface area contributed by atoms with E-state index in [9.17, 15) is 4.79 Å². The molecule has 0 aromatic heterocycles. The van der Waals surface area contributed by atoms with Crippen molar-refractivity contribution in [3.8, 4) is 0 Å². The summed E-state index contributed by atoms with van der Waals surface area (Å²) in [7, 11) is 0. The first kappa shape index (κ1) is 16.0. The van der Waals surface area contributed by atoms with Gasteiger partial charge in [0.25, 0.3) is 0 Å². The second-order valence-corrected chi connectivity index (χ2v) is 8.73. The number of hydrogen-bond donors (Lipinski definition) is 0. The number of carbonyl (C=O) groups excluding carboxylic acids is 1. The SMILES string of the molecule is O=C(/C=C/C1CCC2OCOC2C1)N(CC1CCCS1)C1CC1. The lowest BCUT2D eigenvalue weighted by Crippen LogP contribution is -2.37. The molecule has 2 aliphatic carbocycles. The lowest BCUT2D eigenvalue weighted by Gasteiger charge is -2.28. The van der Waals surface area contributed by atoms with Gasteiger partial charge in [-0.15, -0.1) is 0 Å². The molecule has 4 unspecified atom stereocenters. The van der Waals surface area contributed by atoms with E-state index in [-0.39, 0.29) is 18.1 Å². The summed E-state index contributed by atoms with van der Waals surface area (Å²) in [4.78, 5) is 14.8. The van der Waals surface area contributed by atoms with Crippen LogP contribution >= 0.6 is 11.8 Å².